The second-order valence-electron chi connectivity index (χ2n) is 12.1. The normalized spacial score (nSPS) is 17.5. The minimum Gasteiger partial charge on any atom is -0.496 e. The van der Waals surface area contributed by atoms with Crippen molar-refractivity contribution in [3.63, 3.8) is 0 Å². The molecule has 2 atom stereocenters. The Kier molecular flexibility index (Phi) is 12.1. The molecule has 7 rings (SSSR count). The van der Waals surface area contributed by atoms with Crippen LogP contribution in [0.3, 0.4) is 0 Å². The predicted molar refractivity (Wildman–Crippen MR) is 208 cm³/mol. The maximum absolute atomic E-state index is 13.3. The van der Waals surface area contributed by atoms with Gasteiger partial charge in [0.25, 0.3) is 5.91 Å². The Morgan fingerprint density at radius 1 is 0.660 bits per heavy atom. The molecule has 10 heteroatoms. The molecule has 2 fully saturated rings. The van der Waals surface area contributed by atoms with Gasteiger partial charge in [-0.3, -0.25) is 4.79 Å². The van der Waals surface area contributed by atoms with Gasteiger partial charge in [-0.2, -0.15) is 0 Å². The molecule has 0 spiro atoms. The molecule has 1 N–H and O–H groups in total. The number of hydrogen-bond acceptors (Lipinski definition) is 5. The monoisotopic (exact) mass is 746 g/mol. The number of amides is 1. The van der Waals surface area contributed by atoms with E-state index in [9.17, 15) is 4.79 Å². The zero-order chi connectivity index (χ0) is 35.0. The van der Waals surface area contributed by atoms with E-state index in [1.807, 2.05) is 77.7 Å². The number of nitrogens with zero attached hydrogens (tertiary/aromatic N) is 3. The lowest BCUT2D eigenvalue weighted by molar-refractivity contribution is 0.0718. The van der Waals surface area contributed by atoms with Crippen LogP contribution in [-0.2, 0) is 0 Å². The molecule has 1 amide bonds. The number of carbonyl (C=O) groups excluding carboxylic acids is 1. The smallest absolute Gasteiger partial charge is 0.257 e. The van der Waals surface area contributed by atoms with Crippen LogP contribution in [0.15, 0.2) is 121 Å². The molecule has 2 heterocycles. The van der Waals surface area contributed by atoms with Crippen molar-refractivity contribution in [1.82, 2.24) is 10.2 Å². The lowest BCUT2D eigenvalue weighted by atomic mass is 10.0. The lowest BCUT2D eigenvalue weighted by Crippen LogP contribution is -2.50. The topological polar surface area (TPSA) is 48.1 Å². The number of halogens is 4. The number of carbonyl (C=O) groups is 1. The third kappa shape index (κ3) is 8.34. The van der Waals surface area contributed by atoms with E-state index in [0.717, 1.165) is 36.6 Å². The first-order chi connectivity index (χ1) is 24.3. The van der Waals surface area contributed by atoms with Gasteiger partial charge < -0.3 is 24.8 Å². The third-order valence-corrected chi connectivity index (χ3v) is 10.1. The molecular formula is C40H38Cl4N4O2. The minimum atomic E-state index is -0.0322. The molecule has 50 heavy (non-hydrogen) atoms. The van der Waals surface area contributed by atoms with Crippen LogP contribution in [0.2, 0.25) is 20.1 Å². The van der Waals surface area contributed by atoms with Crippen molar-refractivity contribution in [3.8, 4) is 5.75 Å². The van der Waals surface area contributed by atoms with Gasteiger partial charge >= 0.3 is 0 Å². The fourth-order valence-corrected chi connectivity index (χ4v) is 7.64. The molecule has 5 aromatic rings. The number of para-hydroxylation sites is 1. The van der Waals surface area contributed by atoms with Crippen molar-refractivity contribution in [2.24, 2.45) is 0 Å². The predicted octanol–water partition coefficient (Wildman–Crippen LogP) is 9.85. The molecule has 2 saturated heterocycles. The summed E-state index contributed by atoms with van der Waals surface area (Å²) in [5.74, 6) is 0.553. The molecule has 0 bridgehead atoms. The van der Waals surface area contributed by atoms with Crippen LogP contribution in [0.5, 0.6) is 5.75 Å². The van der Waals surface area contributed by atoms with E-state index in [-0.39, 0.29) is 11.9 Å². The number of ether oxygens (including phenoxy) is 1. The summed E-state index contributed by atoms with van der Waals surface area (Å²) < 4.78 is 5.40. The Hall–Kier alpha value is -3.91. The van der Waals surface area contributed by atoms with E-state index in [0.29, 0.717) is 57.1 Å². The van der Waals surface area contributed by atoms with E-state index in [1.54, 1.807) is 19.2 Å². The van der Waals surface area contributed by atoms with Crippen molar-refractivity contribution in [1.29, 1.82) is 0 Å². The van der Waals surface area contributed by atoms with Crippen molar-refractivity contribution < 1.29 is 9.53 Å². The number of nitrogens with one attached hydrogen (secondary N) is 1. The van der Waals surface area contributed by atoms with Crippen LogP contribution in [0, 0.1) is 0 Å². The van der Waals surface area contributed by atoms with Gasteiger partial charge in [-0.15, -0.1) is 0 Å². The van der Waals surface area contributed by atoms with Crippen LogP contribution in [0.25, 0.3) is 0 Å². The van der Waals surface area contributed by atoms with Crippen LogP contribution >= 0.6 is 46.4 Å². The highest BCUT2D eigenvalue weighted by atomic mass is 35.5. The molecule has 0 aliphatic carbocycles. The second-order valence-corrected chi connectivity index (χ2v) is 13.8. The molecule has 0 saturated carbocycles. The maximum atomic E-state index is 13.3. The number of anilines is 2. The Morgan fingerprint density at radius 3 is 1.78 bits per heavy atom. The Labute approximate surface area is 314 Å². The first kappa shape index (κ1) is 35.9. The highest BCUT2D eigenvalue weighted by Gasteiger charge is 2.33. The van der Waals surface area contributed by atoms with Gasteiger partial charge in [-0.1, -0.05) is 119 Å². The van der Waals surface area contributed by atoms with E-state index >= 15 is 0 Å². The lowest BCUT2D eigenvalue weighted by Gasteiger charge is -2.43. The van der Waals surface area contributed by atoms with Crippen molar-refractivity contribution in [2.75, 3.05) is 56.2 Å². The largest absolute Gasteiger partial charge is 0.496 e. The summed E-state index contributed by atoms with van der Waals surface area (Å²) in [4.78, 5) is 19.8. The quantitative estimate of drug-likeness (QED) is 0.188. The SMILES string of the molecule is COc1ccccc1C(=O)N1CCN(c2ccc(Cl)cc2Cl)C(c2ccccc2)C1.Clc1ccc(N2CCNCC2c2ccccc2)c(Cl)c1. The molecule has 5 aromatic carbocycles. The number of benzene rings is 5. The zero-order valence-electron chi connectivity index (χ0n) is 27.6. The standard InChI is InChI=1S/C24H22Cl2N2O2.C16H16Cl2N2/c1-30-23-10-6-5-9-19(23)24(29)27-13-14-28(21-12-11-18(25)15-20(21)26)22(16-27)17-7-3-2-4-8-17;17-13-6-7-15(14(18)10-13)20-9-8-19-11-16(20)12-4-2-1-3-5-12/h2-12,15,22H,13-14,16H2,1H3;1-7,10,16,19H,8-9,11H2. The highest BCUT2D eigenvalue weighted by molar-refractivity contribution is 6.37. The van der Waals surface area contributed by atoms with Gasteiger partial charge in [0.2, 0.25) is 0 Å². The third-order valence-electron chi connectivity index (χ3n) is 9.06. The number of rotatable bonds is 6. The van der Waals surface area contributed by atoms with Gasteiger partial charge in [0.15, 0.2) is 0 Å². The summed E-state index contributed by atoms with van der Waals surface area (Å²) in [6.07, 6.45) is 0. The van der Waals surface area contributed by atoms with Crippen LogP contribution < -0.4 is 19.9 Å². The summed E-state index contributed by atoms with van der Waals surface area (Å²) in [7, 11) is 1.58. The minimum absolute atomic E-state index is 0.0303. The number of methoxy groups -OCH3 is 1. The van der Waals surface area contributed by atoms with Crippen molar-refractivity contribution in [2.45, 2.75) is 12.1 Å². The molecule has 0 radical (unpaired) electrons. The van der Waals surface area contributed by atoms with Gasteiger partial charge in [0.05, 0.1) is 46.2 Å². The molecule has 2 aliphatic heterocycles. The molecule has 2 unspecified atom stereocenters. The summed E-state index contributed by atoms with van der Waals surface area (Å²) in [6.45, 7) is 4.59. The molecular weight excluding hydrogens is 710 g/mol. The fraction of sp³-hybridized carbons (Fsp3) is 0.225. The molecule has 0 aromatic heterocycles. The van der Waals surface area contributed by atoms with E-state index in [2.05, 4.69) is 51.5 Å². The van der Waals surface area contributed by atoms with Gasteiger partial charge in [-0.25, -0.2) is 0 Å². The summed E-state index contributed by atoms with van der Waals surface area (Å²) >= 11 is 25.0. The number of hydrogen-bond donors (Lipinski definition) is 1. The van der Waals surface area contributed by atoms with E-state index in [1.165, 1.54) is 5.56 Å². The Bertz CT molecular complexity index is 1900. The number of piperazine rings is 2. The molecule has 258 valence electrons. The van der Waals surface area contributed by atoms with Gasteiger partial charge in [0.1, 0.15) is 5.75 Å². The van der Waals surface area contributed by atoms with Gasteiger partial charge in [-0.05, 0) is 59.7 Å². The van der Waals surface area contributed by atoms with Crippen LogP contribution in [-0.4, -0.2) is 57.2 Å². The second kappa shape index (κ2) is 16.9. The van der Waals surface area contributed by atoms with Crippen molar-refractivity contribution >= 4 is 63.7 Å². The summed E-state index contributed by atoms with van der Waals surface area (Å²) in [6, 6.07) is 39.5. The van der Waals surface area contributed by atoms with Crippen molar-refractivity contribution in [3.05, 3.63) is 158 Å². The van der Waals surface area contributed by atoms with E-state index in [4.69, 9.17) is 51.1 Å². The zero-order valence-corrected chi connectivity index (χ0v) is 30.6. The fourth-order valence-electron chi connectivity index (χ4n) is 6.60. The average Bonchev–Trinajstić information content (AvgIpc) is 3.15. The highest BCUT2D eigenvalue weighted by Crippen LogP contribution is 2.38. The average molecular weight is 749 g/mol. The van der Waals surface area contributed by atoms with Crippen LogP contribution in [0.1, 0.15) is 33.6 Å². The Balaban J connectivity index is 0.000000187. The van der Waals surface area contributed by atoms with Crippen LogP contribution in [0.4, 0.5) is 11.4 Å². The molecule has 6 nitrogen and oxygen atoms in total. The maximum Gasteiger partial charge on any atom is 0.257 e. The molecule has 2 aliphatic rings. The van der Waals surface area contributed by atoms with Gasteiger partial charge in [0, 0.05) is 49.3 Å². The first-order valence-electron chi connectivity index (χ1n) is 16.5. The first-order valence-corrected chi connectivity index (χ1v) is 18.0. The summed E-state index contributed by atoms with van der Waals surface area (Å²) in [5.41, 5.74) is 4.96. The van der Waals surface area contributed by atoms with E-state index < -0.39 is 0 Å². The summed E-state index contributed by atoms with van der Waals surface area (Å²) in [5, 5.41) is 6.04. The Morgan fingerprint density at radius 2 is 1.20 bits per heavy atom.